The minimum absolute atomic E-state index is 0.0422. The van der Waals surface area contributed by atoms with E-state index in [9.17, 15) is 9.90 Å². The van der Waals surface area contributed by atoms with Gasteiger partial charge in [0.15, 0.2) is 0 Å². The molecule has 0 radical (unpaired) electrons. The first-order valence-electron chi connectivity index (χ1n) is 5.81. The van der Waals surface area contributed by atoms with E-state index in [1.165, 1.54) is 0 Å². The summed E-state index contributed by atoms with van der Waals surface area (Å²) in [5, 5.41) is 9.30. The molecule has 17 heavy (non-hydrogen) atoms. The molecule has 0 heterocycles. The van der Waals surface area contributed by atoms with Crippen LogP contribution < -0.4 is 5.73 Å². The fraction of sp³-hybridized carbons (Fsp3) is 0.500. The van der Waals surface area contributed by atoms with Crippen LogP contribution in [0.25, 0.3) is 0 Å². The number of benzene rings is 1. The SMILES string of the molecule is CC(C(N)=O)C(c1ccc(O)cc1)C(C)(C)C. The molecular weight excluding hydrogens is 214 g/mol. The third kappa shape index (κ3) is 3.22. The van der Waals surface area contributed by atoms with E-state index in [1.807, 2.05) is 19.1 Å². The average Bonchev–Trinajstić information content (AvgIpc) is 2.19. The minimum Gasteiger partial charge on any atom is -0.508 e. The zero-order valence-corrected chi connectivity index (χ0v) is 10.9. The molecule has 0 saturated carbocycles. The summed E-state index contributed by atoms with van der Waals surface area (Å²) in [4.78, 5) is 11.4. The maximum atomic E-state index is 11.4. The van der Waals surface area contributed by atoms with Gasteiger partial charge in [-0.25, -0.2) is 0 Å². The van der Waals surface area contributed by atoms with Crippen LogP contribution in [-0.4, -0.2) is 11.0 Å². The summed E-state index contributed by atoms with van der Waals surface area (Å²) in [6, 6.07) is 6.99. The molecule has 3 N–H and O–H groups in total. The van der Waals surface area contributed by atoms with Gasteiger partial charge in [-0.2, -0.15) is 0 Å². The highest BCUT2D eigenvalue weighted by molar-refractivity contribution is 5.77. The quantitative estimate of drug-likeness (QED) is 0.846. The average molecular weight is 235 g/mol. The van der Waals surface area contributed by atoms with Crippen LogP contribution in [0.3, 0.4) is 0 Å². The van der Waals surface area contributed by atoms with E-state index < -0.39 is 0 Å². The van der Waals surface area contributed by atoms with Crippen LogP contribution in [0.4, 0.5) is 0 Å². The van der Waals surface area contributed by atoms with Gasteiger partial charge in [-0.15, -0.1) is 0 Å². The van der Waals surface area contributed by atoms with E-state index >= 15 is 0 Å². The predicted octanol–water partition coefficient (Wildman–Crippen LogP) is 2.64. The van der Waals surface area contributed by atoms with Gasteiger partial charge in [-0.05, 0) is 23.1 Å². The van der Waals surface area contributed by atoms with Crippen LogP contribution in [0.2, 0.25) is 0 Å². The maximum Gasteiger partial charge on any atom is 0.220 e. The van der Waals surface area contributed by atoms with Gasteiger partial charge >= 0.3 is 0 Å². The summed E-state index contributed by atoms with van der Waals surface area (Å²) in [6.45, 7) is 8.11. The Kier molecular flexibility index (Phi) is 3.81. The van der Waals surface area contributed by atoms with Crippen LogP contribution in [0.1, 0.15) is 39.2 Å². The van der Waals surface area contributed by atoms with Crippen molar-refractivity contribution in [3.05, 3.63) is 29.8 Å². The zero-order chi connectivity index (χ0) is 13.2. The topological polar surface area (TPSA) is 63.3 Å². The number of phenols is 1. The van der Waals surface area contributed by atoms with Gasteiger partial charge in [-0.1, -0.05) is 39.8 Å². The van der Waals surface area contributed by atoms with E-state index in [0.29, 0.717) is 0 Å². The van der Waals surface area contributed by atoms with E-state index in [-0.39, 0.29) is 28.9 Å². The molecular formula is C14H21NO2. The molecule has 0 aliphatic heterocycles. The monoisotopic (exact) mass is 235 g/mol. The number of primary amides is 1. The summed E-state index contributed by atoms with van der Waals surface area (Å²) >= 11 is 0. The Labute approximate surface area is 103 Å². The number of carbonyl (C=O) groups excluding carboxylic acids is 1. The molecule has 2 unspecified atom stereocenters. The van der Waals surface area contributed by atoms with Crippen LogP contribution >= 0.6 is 0 Å². The Balaban J connectivity index is 3.15. The molecule has 0 aromatic heterocycles. The van der Waals surface area contributed by atoms with Gasteiger partial charge in [0.2, 0.25) is 5.91 Å². The van der Waals surface area contributed by atoms with Crippen molar-refractivity contribution in [1.82, 2.24) is 0 Å². The molecule has 0 spiro atoms. The highest BCUT2D eigenvalue weighted by atomic mass is 16.3. The van der Waals surface area contributed by atoms with Gasteiger partial charge in [-0.3, -0.25) is 4.79 Å². The van der Waals surface area contributed by atoms with Crippen molar-refractivity contribution in [1.29, 1.82) is 0 Å². The molecule has 2 atom stereocenters. The summed E-state index contributed by atoms with van der Waals surface area (Å²) in [6.07, 6.45) is 0. The molecule has 1 aromatic carbocycles. The van der Waals surface area contributed by atoms with Crippen LogP contribution in [-0.2, 0) is 4.79 Å². The fourth-order valence-electron chi connectivity index (χ4n) is 2.38. The highest BCUT2D eigenvalue weighted by Crippen LogP contribution is 2.40. The maximum absolute atomic E-state index is 11.4. The first-order valence-corrected chi connectivity index (χ1v) is 5.81. The van der Waals surface area contributed by atoms with Crippen molar-refractivity contribution in [3.8, 4) is 5.75 Å². The van der Waals surface area contributed by atoms with Gasteiger partial charge in [0.25, 0.3) is 0 Å². The third-order valence-corrected chi connectivity index (χ3v) is 3.13. The zero-order valence-electron chi connectivity index (χ0n) is 10.9. The van der Waals surface area contributed by atoms with Gasteiger partial charge in [0.05, 0.1) is 0 Å². The molecule has 94 valence electrons. The molecule has 0 bridgehead atoms. The first-order chi connectivity index (χ1) is 7.73. The molecule has 1 amide bonds. The molecule has 1 rings (SSSR count). The standard InChI is InChI=1S/C14H21NO2/c1-9(13(15)17)12(14(2,3)4)10-5-7-11(16)8-6-10/h5-9,12,16H,1-4H3,(H2,15,17). The fourth-order valence-corrected chi connectivity index (χ4v) is 2.38. The number of rotatable bonds is 3. The van der Waals surface area contributed by atoms with Crippen LogP contribution in [0.5, 0.6) is 5.75 Å². The number of carbonyl (C=O) groups is 1. The molecule has 0 saturated heterocycles. The van der Waals surface area contributed by atoms with Crippen molar-refractivity contribution in [3.63, 3.8) is 0 Å². The number of nitrogens with two attached hydrogens (primary N) is 1. The van der Waals surface area contributed by atoms with Gasteiger partial charge in [0, 0.05) is 11.8 Å². The van der Waals surface area contributed by atoms with Crippen molar-refractivity contribution in [2.75, 3.05) is 0 Å². The lowest BCUT2D eigenvalue weighted by Gasteiger charge is -2.34. The van der Waals surface area contributed by atoms with Crippen molar-refractivity contribution in [2.45, 2.75) is 33.6 Å². The molecule has 0 fully saturated rings. The lowest BCUT2D eigenvalue weighted by atomic mass is 9.70. The minimum atomic E-state index is -0.294. The van der Waals surface area contributed by atoms with Gasteiger partial charge < -0.3 is 10.8 Å². The third-order valence-electron chi connectivity index (χ3n) is 3.13. The summed E-state index contributed by atoms with van der Waals surface area (Å²) in [5.41, 5.74) is 6.38. The number of hydrogen-bond donors (Lipinski definition) is 2. The Hall–Kier alpha value is -1.51. The van der Waals surface area contributed by atoms with Gasteiger partial charge in [0.1, 0.15) is 5.75 Å². The van der Waals surface area contributed by atoms with E-state index in [0.717, 1.165) is 5.56 Å². The molecule has 3 nitrogen and oxygen atoms in total. The van der Waals surface area contributed by atoms with Crippen molar-refractivity contribution >= 4 is 5.91 Å². The highest BCUT2D eigenvalue weighted by Gasteiger charge is 2.33. The van der Waals surface area contributed by atoms with Crippen molar-refractivity contribution in [2.24, 2.45) is 17.1 Å². The number of hydrogen-bond acceptors (Lipinski definition) is 2. The molecule has 1 aromatic rings. The summed E-state index contributed by atoms with van der Waals surface area (Å²) < 4.78 is 0. The number of phenolic OH excluding ortho intramolecular Hbond substituents is 1. The van der Waals surface area contributed by atoms with Crippen LogP contribution in [0, 0.1) is 11.3 Å². The van der Waals surface area contributed by atoms with E-state index in [2.05, 4.69) is 20.8 Å². The number of amides is 1. The summed E-state index contributed by atoms with van der Waals surface area (Å²) in [7, 11) is 0. The second kappa shape index (κ2) is 4.78. The van der Waals surface area contributed by atoms with Crippen LogP contribution in [0.15, 0.2) is 24.3 Å². The Morgan fingerprint density at radius 3 is 2.06 bits per heavy atom. The second-order valence-corrected chi connectivity index (χ2v) is 5.63. The lowest BCUT2D eigenvalue weighted by Crippen LogP contribution is -2.33. The van der Waals surface area contributed by atoms with E-state index in [1.54, 1.807) is 12.1 Å². The molecule has 0 aliphatic rings. The summed E-state index contributed by atoms with van der Waals surface area (Å²) in [5.74, 6) is -0.258. The molecule has 3 heteroatoms. The largest absolute Gasteiger partial charge is 0.508 e. The normalized spacial score (nSPS) is 15.3. The predicted molar refractivity (Wildman–Crippen MR) is 68.7 cm³/mol. The Morgan fingerprint density at radius 2 is 1.71 bits per heavy atom. The number of aromatic hydroxyl groups is 1. The first kappa shape index (κ1) is 13.6. The lowest BCUT2D eigenvalue weighted by molar-refractivity contribution is -0.122. The Morgan fingerprint density at radius 1 is 1.24 bits per heavy atom. The Bertz CT molecular complexity index is 390. The smallest absolute Gasteiger partial charge is 0.220 e. The van der Waals surface area contributed by atoms with E-state index in [4.69, 9.17) is 5.73 Å². The second-order valence-electron chi connectivity index (χ2n) is 5.63. The van der Waals surface area contributed by atoms with Crippen molar-refractivity contribution < 1.29 is 9.90 Å². The molecule has 0 aliphatic carbocycles.